The molecular weight excluding hydrogens is 474 g/mol. The topological polar surface area (TPSA) is 45.6 Å². The third-order valence-electron chi connectivity index (χ3n) is 7.44. The third kappa shape index (κ3) is 4.21. The summed E-state index contributed by atoms with van der Waals surface area (Å²) in [5.74, 6) is 0.755. The summed E-state index contributed by atoms with van der Waals surface area (Å²) < 4.78 is 2.70. The van der Waals surface area contributed by atoms with Crippen LogP contribution in [0.1, 0.15) is 34.4 Å². The molecule has 1 fully saturated rings. The number of nitrogens with zero attached hydrogens (tertiary/aromatic N) is 3. The maximum Gasteiger partial charge on any atom is 0.250 e. The molecule has 178 valence electrons. The van der Waals surface area contributed by atoms with Gasteiger partial charge in [0, 0.05) is 49.5 Å². The smallest absolute Gasteiger partial charge is 0.250 e. The Morgan fingerprint density at radius 1 is 0.943 bits per heavy atom. The lowest BCUT2D eigenvalue weighted by molar-refractivity contribution is -0.118. The lowest BCUT2D eigenvalue weighted by Crippen LogP contribution is -2.48. The van der Waals surface area contributed by atoms with Gasteiger partial charge in [0.2, 0.25) is 5.91 Å². The predicted octanol–water partition coefficient (Wildman–Crippen LogP) is 4.62. The van der Waals surface area contributed by atoms with E-state index in [0.717, 1.165) is 53.7 Å². The SMILES string of the molecule is O=C(C(SC(=S)N1CC2CC(C1)c1cccc(=O)n1C2)c1ccccc1)N1CCc2ccccc21. The number of carbonyl (C=O) groups excluding carboxylic acids is 1. The molecule has 1 aromatic heterocycles. The lowest BCUT2D eigenvalue weighted by atomic mass is 9.83. The summed E-state index contributed by atoms with van der Waals surface area (Å²) >= 11 is 7.47. The van der Waals surface area contributed by atoms with Crippen LogP contribution in [0.5, 0.6) is 0 Å². The summed E-state index contributed by atoms with van der Waals surface area (Å²) in [6, 6.07) is 23.7. The van der Waals surface area contributed by atoms with Gasteiger partial charge in [0.25, 0.3) is 5.56 Å². The van der Waals surface area contributed by atoms with Crippen molar-refractivity contribution in [1.82, 2.24) is 9.47 Å². The van der Waals surface area contributed by atoms with Crippen LogP contribution in [-0.2, 0) is 17.8 Å². The molecule has 2 aromatic carbocycles. The van der Waals surface area contributed by atoms with E-state index in [9.17, 15) is 9.59 Å². The molecule has 1 amide bonds. The first-order valence-electron chi connectivity index (χ1n) is 12.2. The number of likely N-dealkylation sites (tertiary alicyclic amines) is 1. The van der Waals surface area contributed by atoms with E-state index < -0.39 is 5.25 Å². The van der Waals surface area contributed by atoms with Crippen molar-refractivity contribution >= 4 is 39.9 Å². The summed E-state index contributed by atoms with van der Waals surface area (Å²) in [6.45, 7) is 3.05. The normalized spacial score (nSPS) is 21.3. The Bertz CT molecular complexity index is 1340. The molecule has 6 rings (SSSR count). The Balaban J connectivity index is 1.25. The fourth-order valence-corrected chi connectivity index (χ4v) is 7.28. The molecule has 3 aliphatic heterocycles. The van der Waals surface area contributed by atoms with E-state index in [1.54, 1.807) is 6.07 Å². The Kier molecular flexibility index (Phi) is 5.98. The second-order valence-corrected chi connectivity index (χ2v) is 11.4. The number of fused-ring (bicyclic) bond motifs is 5. The molecule has 4 heterocycles. The van der Waals surface area contributed by atoms with Crippen molar-refractivity contribution < 1.29 is 4.79 Å². The summed E-state index contributed by atoms with van der Waals surface area (Å²) in [7, 11) is 0. The largest absolute Gasteiger partial charge is 0.356 e. The maximum atomic E-state index is 13.9. The Morgan fingerprint density at radius 3 is 2.60 bits per heavy atom. The third-order valence-corrected chi connectivity index (χ3v) is 9.15. The van der Waals surface area contributed by atoms with Crippen LogP contribution in [0.4, 0.5) is 5.69 Å². The summed E-state index contributed by atoms with van der Waals surface area (Å²) in [4.78, 5) is 30.5. The average Bonchev–Trinajstić information content (AvgIpc) is 3.32. The first kappa shape index (κ1) is 22.6. The number of carbonyl (C=O) groups is 1. The van der Waals surface area contributed by atoms with Gasteiger partial charge in [0.1, 0.15) is 9.57 Å². The molecule has 5 nitrogen and oxygen atoms in total. The number of amides is 1. The maximum absolute atomic E-state index is 13.9. The van der Waals surface area contributed by atoms with Crippen molar-refractivity contribution in [2.45, 2.75) is 30.6 Å². The van der Waals surface area contributed by atoms with E-state index >= 15 is 0 Å². The highest BCUT2D eigenvalue weighted by Crippen LogP contribution is 2.40. The van der Waals surface area contributed by atoms with Gasteiger partial charge >= 0.3 is 0 Å². The molecule has 3 aromatic rings. The van der Waals surface area contributed by atoms with Crippen LogP contribution in [0.25, 0.3) is 0 Å². The first-order chi connectivity index (χ1) is 17.1. The Hall–Kier alpha value is -2.90. The van der Waals surface area contributed by atoms with Gasteiger partial charge in [0.05, 0.1) is 0 Å². The van der Waals surface area contributed by atoms with Gasteiger partial charge in [-0.15, -0.1) is 0 Å². The highest BCUT2D eigenvalue weighted by atomic mass is 32.2. The number of benzene rings is 2. The number of rotatable bonds is 3. The van der Waals surface area contributed by atoms with Crippen LogP contribution in [0.2, 0.25) is 0 Å². The average molecular weight is 502 g/mol. The highest BCUT2D eigenvalue weighted by Gasteiger charge is 2.38. The number of anilines is 1. The Morgan fingerprint density at radius 2 is 1.74 bits per heavy atom. The zero-order chi connectivity index (χ0) is 23.9. The molecular formula is C28H27N3O2S2. The zero-order valence-electron chi connectivity index (χ0n) is 19.4. The Labute approximate surface area is 214 Å². The minimum atomic E-state index is -0.397. The van der Waals surface area contributed by atoms with Gasteiger partial charge in [-0.3, -0.25) is 9.59 Å². The number of hydrogen-bond acceptors (Lipinski definition) is 4. The molecule has 3 aliphatic rings. The van der Waals surface area contributed by atoms with Crippen LogP contribution in [-0.4, -0.2) is 39.3 Å². The van der Waals surface area contributed by atoms with Crippen molar-refractivity contribution in [3.05, 3.63) is 100.0 Å². The quantitative estimate of drug-likeness (QED) is 0.490. The fourth-order valence-electron chi connectivity index (χ4n) is 5.82. The van der Waals surface area contributed by atoms with Crippen LogP contribution >= 0.6 is 24.0 Å². The fraction of sp³-hybridized carbons (Fsp3) is 0.321. The summed E-state index contributed by atoms with van der Waals surface area (Å²) in [6.07, 6.45) is 1.96. The number of hydrogen-bond donors (Lipinski definition) is 0. The van der Waals surface area contributed by atoms with E-state index in [1.807, 2.05) is 64.1 Å². The molecule has 0 radical (unpaired) electrons. The molecule has 7 heteroatoms. The van der Waals surface area contributed by atoms with Crippen molar-refractivity contribution in [2.75, 3.05) is 24.5 Å². The van der Waals surface area contributed by atoms with Crippen molar-refractivity contribution in [2.24, 2.45) is 5.92 Å². The molecule has 35 heavy (non-hydrogen) atoms. The van der Waals surface area contributed by atoms with Gasteiger partial charge in [-0.1, -0.05) is 78.6 Å². The van der Waals surface area contributed by atoms with Gasteiger partial charge in [-0.2, -0.15) is 0 Å². The standard InChI is InChI=1S/C28H27N3O2S2/c32-25-12-6-11-24-22-15-19(17-31(24)25)16-29(18-22)28(34)35-26(21-8-2-1-3-9-21)27(33)30-14-13-20-7-4-5-10-23(20)30/h1-12,19,22,26H,13-18H2. The molecule has 0 aliphatic carbocycles. The van der Waals surface area contributed by atoms with Crippen LogP contribution in [0.15, 0.2) is 77.6 Å². The molecule has 3 unspecified atom stereocenters. The van der Waals surface area contributed by atoms with Crippen molar-refractivity contribution in [3.8, 4) is 0 Å². The van der Waals surface area contributed by atoms with Gasteiger partial charge in [0.15, 0.2) is 0 Å². The van der Waals surface area contributed by atoms with E-state index in [0.29, 0.717) is 12.5 Å². The van der Waals surface area contributed by atoms with Gasteiger partial charge < -0.3 is 14.4 Å². The second kappa shape index (κ2) is 9.28. The number of pyridine rings is 1. The minimum absolute atomic E-state index is 0.0857. The zero-order valence-corrected chi connectivity index (χ0v) is 21.0. The predicted molar refractivity (Wildman–Crippen MR) is 145 cm³/mol. The van der Waals surface area contributed by atoms with E-state index in [4.69, 9.17) is 12.2 Å². The van der Waals surface area contributed by atoms with Crippen LogP contribution < -0.4 is 10.5 Å². The number of piperidine rings is 1. The van der Waals surface area contributed by atoms with Gasteiger partial charge in [-0.25, -0.2) is 0 Å². The highest BCUT2D eigenvalue weighted by molar-refractivity contribution is 8.23. The number of para-hydroxylation sites is 1. The van der Waals surface area contributed by atoms with E-state index in [2.05, 4.69) is 17.0 Å². The first-order valence-corrected chi connectivity index (χ1v) is 13.5. The van der Waals surface area contributed by atoms with Gasteiger partial charge in [-0.05, 0) is 42.0 Å². The van der Waals surface area contributed by atoms with Crippen LogP contribution in [0, 0.1) is 5.92 Å². The summed E-state index contributed by atoms with van der Waals surface area (Å²) in [5, 5.41) is -0.397. The monoisotopic (exact) mass is 501 g/mol. The van der Waals surface area contributed by atoms with E-state index in [-0.39, 0.29) is 17.4 Å². The number of thioether (sulfide) groups is 1. The van der Waals surface area contributed by atoms with Crippen molar-refractivity contribution in [3.63, 3.8) is 0 Å². The molecule has 0 saturated carbocycles. The lowest BCUT2D eigenvalue weighted by Gasteiger charge is -2.43. The van der Waals surface area contributed by atoms with E-state index in [1.165, 1.54) is 17.3 Å². The molecule has 3 atom stereocenters. The second-order valence-electron chi connectivity index (χ2n) is 9.65. The summed E-state index contributed by atoms with van der Waals surface area (Å²) in [5.41, 5.74) is 4.40. The molecule has 0 N–H and O–H groups in total. The molecule has 2 bridgehead atoms. The molecule has 0 spiro atoms. The van der Waals surface area contributed by atoms with Crippen LogP contribution in [0.3, 0.4) is 0 Å². The minimum Gasteiger partial charge on any atom is -0.356 e. The van der Waals surface area contributed by atoms with Crippen molar-refractivity contribution in [1.29, 1.82) is 0 Å². The number of thiocarbonyl (C=S) groups is 1. The number of aromatic nitrogens is 1. The molecule has 1 saturated heterocycles.